The van der Waals surface area contributed by atoms with E-state index in [2.05, 4.69) is 60.4 Å². The second kappa shape index (κ2) is 9.32. The van der Waals surface area contributed by atoms with Gasteiger partial charge in [-0.3, -0.25) is 0 Å². The van der Waals surface area contributed by atoms with Crippen molar-refractivity contribution in [2.45, 2.75) is 44.6 Å². The van der Waals surface area contributed by atoms with Crippen LogP contribution in [0.25, 0.3) is 21.8 Å². The minimum absolute atomic E-state index is 0.198. The molecule has 0 spiro atoms. The summed E-state index contributed by atoms with van der Waals surface area (Å²) in [6, 6.07) is 19.0. The molecule has 7 heteroatoms. The van der Waals surface area contributed by atoms with E-state index in [9.17, 15) is 13.0 Å². The molecule has 0 saturated heterocycles. The van der Waals surface area contributed by atoms with E-state index >= 15 is 0 Å². The Morgan fingerprint density at radius 1 is 1.00 bits per heavy atom. The molecule has 0 saturated carbocycles. The Balaban J connectivity index is 1.64. The van der Waals surface area contributed by atoms with Crippen LogP contribution in [0.5, 0.6) is 0 Å². The Morgan fingerprint density at radius 3 is 2.41 bits per heavy atom. The lowest BCUT2D eigenvalue weighted by molar-refractivity contribution is -0.433. The van der Waals surface area contributed by atoms with Crippen molar-refractivity contribution in [3.05, 3.63) is 90.7 Å². The summed E-state index contributed by atoms with van der Waals surface area (Å²) < 4.78 is 40.1. The molecule has 1 N–H and O–H groups in total. The van der Waals surface area contributed by atoms with E-state index in [1.54, 1.807) is 12.1 Å². The number of aryl methyl sites for hydroxylation is 1. The van der Waals surface area contributed by atoms with Crippen molar-refractivity contribution >= 4 is 49.0 Å². The summed E-state index contributed by atoms with van der Waals surface area (Å²) in [7, 11) is -4.57. The molecule has 0 aliphatic carbocycles. The quantitative estimate of drug-likeness (QED) is 0.179. The zero-order valence-electron chi connectivity index (χ0n) is 21.5. The van der Waals surface area contributed by atoms with Gasteiger partial charge in [0.15, 0.2) is 5.71 Å². The van der Waals surface area contributed by atoms with Crippen molar-refractivity contribution in [1.29, 1.82) is 0 Å². The van der Waals surface area contributed by atoms with E-state index in [1.807, 2.05) is 48.7 Å². The number of benzene rings is 3. The van der Waals surface area contributed by atoms with Crippen LogP contribution in [-0.4, -0.2) is 34.4 Å². The normalized spacial score (nSPS) is 15.5. The molecule has 1 aromatic heterocycles. The molecule has 1 aliphatic rings. The maximum absolute atomic E-state index is 11.9. The van der Waals surface area contributed by atoms with E-state index in [0.29, 0.717) is 0 Å². The highest BCUT2D eigenvalue weighted by atomic mass is 32.2. The smallest absolute Gasteiger partial charge is 0.210 e. The number of rotatable bonds is 7. The standard InChI is InChI=1S/C30H31N3O3S/c1-5-32-24-16-15-22(37(34,35)36)20-23(24)28-25(32)17-18-26-29(28)30(3,4)27(33(26)6-2)14-10-11-19-31-21-12-8-7-9-13-21/h7-20H,5-6H2,1-4H3,(H,34,35,36). The van der Waals surface area contributed by atoms with Crippen LogP contribution in [0, 0.1) is 0 Å². The monoisotopic (exact) mass is 513 g/mol. The van der Waals surface area contributed by atoms with Gasteiger partial charge in [0.1, 0.15) is 16.7 Å². The first kappa shape index (κ1) is 25.0. The zero-order valence-corrected chi connectivity index (χ0v) is 22.3. The minimum atomic E-state index is -4.57. The minimum Gasteiger partial charge on any atom is -0.744 e. The van der Waals surface area contributed by atoms with E-state index in [1.165, 1.54) is 6.07 Å². The number of para-hydroxylation sites is 1. The topological polar surface area (TPSA) is 77.2 Å². The number of hydrogen-bond donors (Lipinski definition) is 1. The van der Waals surface area contributed by atoms with Gasteiger partial charge in [-0.15, -0.1) is 0 Å². The van der Waals surface area contributed by atoms with E-state index in [4.69, 9.17) is 0 Å². The van der Waals surface area contributed by atoms with Crippen molar-refractivity contribution in [3.8, 4) is 0 Å². The number of fused-ring (bicyclic) bond motifs is 5. The van der Waals surface area contributed by atoms with Crippen molar-refractivity contribution in [2.24, 2.45) is 0 Å². The number of anilines is 1. The third-order valence-electron chi connectivity index (χ3n) is 7.23. The lowest BCUT2D eigenvalue weighted by atomic mass is 9.79. The molecule has 4 aromatic rings. The summed E-state index contributed by atoms with van der Waals surface area (Å²) in [5.41, 5.74) is 6.06. The van der Waals surface area contributed by atoms with Crippen LogP contribution < -0.4 is 5.32 Å². The summed E-state index contributed by atoms with van der Waals surface area (Å²) >= 11 is 0. The van der Waals surface area contributed by atoms with Crippen LogP contribution in [0.2, 0.25) is 0 Å². The second-order valence-corrected chi connectivity index (χ2v) is 11.1. The first-order chi connectivity index (χ1) is 17.7. The number of hydrogen-bond acceptors (Lipinski definition) is 4. The van der Waals surface area contributed by atoms with Gasteiger partial charge in [0.2, 0.25) is 5.69 Å². The first-order valence-electron chi connectivity index (χ1n) is 12.5. The summed E-state index contributed by atoms with van der Waals surface area (Å²) in [4.78, 5) is -0.198. The Hall–Kier alpha value is -3.68. The van der Waals surface area contributed by atoms with Gasteiger partial charge in [0.25, 0.3) is 0 Å². The molecule has 6 nitrogen and oxygen atoms in total. The molecule has 0 atom stereocenters. The van der Waals surface area contributed by atoms with Crippen LogP contribution in [0.4, 0.5) is 11.4 Å². The predicted octanol–water partition coefficient (Wildman–Crippen LogP) is 6.30. The van der Waals surface area contributed by atoms with Crippen LogP contribution in [0.15, 0.2) is 90.0 Å². The van der Waals surface area contributed by atoms with Gasteiger partial charge in [0, 0.05) is 57.9 Å². The van der Waals surface area contributed by atoms with Gasteiger partial charge in [-0.2, -0.15) is 4.58 Å². The summed E-state index contributed by atoms with van der Waals surface area (Å²) in [6.45, 7) is 10.1. The fourth-order valence-electron chi connectivity index (χ4n) is 5.63. The first-order valence-corrected chi connectivity index (χ1v) is 13.9. The number of nitrogens with one attached hydrogen (secondary N) is 1. The molecule has 0 radical (unpaired) electrons. The highest BCUT2D eigenvalue weighted by Gasteiger charge is 2.45. The lowest BCUT2D eigenvalue weighted by Crippen LogP contribution is -2.27. The highest BCUT2D eigenvalue weighted by molar-refractivity contribution is 7.85. The van der Waals surface area contributed by atoms with Gasteiger partial charge < -0.3 is 14.4 Å². The molecule has 1 aliphatic heterocycles. The third-order valence-corrected chi connectivity index (χ3v) is 8.06. The van der Waals surface area contributed by atoms with Crippen LogP contribution in [0.1, 0.15) is 33.3 Å². The maximum Gasteiger partial charge on any atom is 0.210 e. The second-order valence-electron chi connectivity index (χ2n) is 9.71. The highest BCUT2D eigenvalue weighted by Crippen LogP contribution is 2.47. The molecular weight excluding hydrogens is 482 g/mol. The van der Waals surface area contributed by atoms with Crippen LogP contribution in [0.3, 0.4) is 0 Å². The average molecular weight is 514 g/mol. The zero-order chi connectivity index (χ0) is 26.4. The van der Waals surface area contributed by atoms with Crippen molar-refractivity contribution < 1.29 is 17.5 Å². The largest absolute Gasteiger partial charge is 0.744 e. The predicted molar refractivity (Wildman–Crippen MR) is 150 cm³/mol. The van der Waals surface area contributed by atoms with Crippen molar-refractivity contribution in [1.82, 2.24) is 4.57 Å². The fraction of sp³-hybridized carbons (Fsp3) is 0.233. The molecule has 0 amide bonds. The summed E-state index contributed by atoms with van der Waals surface area (Å²) in [5.74, 6) is 0. The molecule has 0 unspecified atom stereocenters. The number of allylic oxidation sites excluding steroid dienone is 3. The Kier molecular flexibility index (Phi) is 6.30. The van der Waals surface area contributed by atoms with Gasteiger partial charge in [-0.25, -0.2) is 8.42 Å². The lowest BCUT2D eigenvalue weighted by Gasteiger charge is -2.17. The molecular formula is C30H31N3O3S. The molecule has 0 fully saturated rings. The van der Waals surface area contributed by atoms with Crippen molar-refractivity contribution in [3.63, 3.8) is 0 Å². The Bertz CT molecular complexity index is 1710. The molecule has 0 bridgehead atoms. The average Bonchev–Trinajstić information content (AvgIpc) is 3.31. The molecule has 5 rings (SSSR count). The molecule has 37 heavy (non-hydrogen) atoms. The molecule has 2 heterocycles. The Morgan fingerprint density at radius 2 is 1.73 bits per heavy atom. The van der Waals surface area contributed by atoms with E-state index in [0.717, 1.165) is 57.5 Å². The van der Waals surface area contributed by atoms with E-state index in [-0.39, 0.29) is 10.3 Å². The van der Waals surface area contributed by atoms with Crippen LogP contribution >= 0.6 is 0 Å². The third kappa shape index (κ3) is 4.18. The summed E-state index contributed by atoms with van der Waals surface area (Å²) in [5, 5.41) is 5.08. The van der Waals surface area contributed by atoms with Crippen molar-refractivity contribution in [2.75, 3.05) is 11.9 Å². The summed E-state index contributed by atoms with van der Waals surface area (Å²) in [6.07, 6.45) is 8.08. The van der Waals surface area contributed by atoms with Gasteiger partial charge >= 0.3 is 0 Å². The van der Waals surface area contributed by atoms with E-state index < -0.39 is 10.1 Å². The fourth-order valence-corrected chi connectivity index (χ4v) is 6.12. The van der Waals surface area contributed by atoms with Gasteiger partial charge in [-0.1, -0.05) is 24.3 Å². The molecule has 3 aromatic carbocycles. The maximum atomic E-state index is 11.9. The van der Waals surface area contributed by atoms with Gasteiger partial charge in [0.05, 0.1) is 10.3 Å². The number of aromatic nitrogens is 1. The molecule has 190 valence electrons. The van der Waals surface area contributed by atoms with Crippen LogP contribution in [-0.2, 0) is 22.1 Å². The SMILES string of the molecule is CCn1c2ccc(S(=O)(=O)[O-])cc2c2c3c(ccc21)[N+](CC)=C(/C=C/C=C/Nc1ccccc1)C3(C)C. The Labute approximate surface area is 218 Å². The number of nitrogens with zero attached hydrogens (tertiary/aromatic N) is 2. The van der Waals surface area contributed by atoms with Gasteiger partial charge in [-0.05, 0) is 70.2 Å².